The molecular formula is C15H21F3N2O3. The van der Waals surface area contributed by atoms with E-state index in [0.29, 0.717) is 6.42 Å². The maximum atomic E-state index is 13.7. The van der Waals surface area contributed by atoms with E-state index in [4.69, 9.17) is 0 Å². The molecule has 0 aliphatic rings. The van der Waals surface area contributed by atoms with Gasteiger partial charge in [0.05, 0.1) is 12.6 Å². The molecule has 1 atom stereocenters. The van der Waals surface area contributed by atoms with Crippen LogP contribution in [0.15, 0.2) is 18.2 Å². The van der Waals surface area contributed by atoms with Gasteiger partial charge >= 0.3 is 12.6 Å². The summed E-state index contributed by atoms with van der Waals surface area (Å²) in [6.07, 6.45) is -0.160. The van der Waals surface area contributed by atoms with Crippen LogP contribution in [0, 0.1) is 11.7 Å². The number of halogens is 3. The molecule has 0 heterocycles. The van der Waals surface area contributed by atoms with Crippen molar-refractivity contribution in [2.75, 3.05) is 6.54 Å². The number of hydrogen-bond acceptors (Lipinski definition) is 3. The number of hydrogen-bond donors (Lipinski definition) is 3. The van der Waals surface area contributed by atoms with Crippen LogP contribution < -0.4 is 15.4 Å². The number of aliphatic hydroxyl groups excluding tert-OH is 1. The lowest BCUT2D eigenvalue weighted by Crippen LogP contribution is -2.39. The second-order valence-electron chi connectivity index (χ2n) is 5.44. The van der Waals surface area contributed by atoms with Crippen molar-refractivity contribution in [1.82, 2.24) is 10.6 Å². The summed E-state index contributed by atoms with van der Waals surface area (Å²) >= 11 is 0. The van der Waals surface area contributed by atoms with Crippen molar-refractivity contribution in [2.45, 2.75) is 39.5 Å². The summed E-state index contributed by atoms with van der Waals surface area (Å²) in [5, 5.41) is 14.4. The zero-order chi connectivity index (χ0) is 17.4. The van der Waals surface area contributed by atoms with Gasteiger partial charge in [0.1, 0.15) is 11.6 Å². The fraction of sp³-hybridized carbons (Fsp3) is 0.533. The van der Waals surface area contributed by atoms with Crippen LogP contribution in [0.5, 0.6) is 5.75 Å². The number of ether oxygens (including phenoxy) is 1. The maximum absolute atomic E-state index is 13.7. The van der Waals surface area contributed by atoms with Gasteiger partial charge in [0.2, 0.25) is 0 Å². The van der Waals surface area contributed by atoms with Crippen LogP contribution in [0.25, 0.3) is 0 Å². The molecule has 1 unspecified atom stereocenters. The molecule has 8 heteroatoms. The van der Waals surface area contributed by atoms with Crippen molar-refractivity contribution in [2.24, 2.45) is 5.92 Å². The van der Waals surface area contributed by atoms with E-state index in [9.17, 15) is 23.1 Å². The van der Waals surface area contributed by atoms with Gasteiger partial charge in [-0.3, -0.25) is 0 Å². The van der Waals surface area contributed by atoms with E-state index in [1.807, 2.05) is 13.8 Å². The van der Waals surface area contributed by atoms with Crippen molar-refractivity contribution in [3.8, 4) is 5.75 Å². The summed E-state index contributed by atoms with van der Waals surface area (Å²) < 4.78 is 42.4. The minimum absolute atomic E-state index is 0.0433. The van der Waals surface area contributed by atoms with Gasteiger partial charge in [-0.05, 0) is 24.5 Å². The van der Waals surface area contributed by atoms with Crippen LogP contribution in [-0.4, -0.2) is 30.4 Å². The van der Waals surface area contributed by atoms with E-state index < -0.39 is 24.6 Å². The van der Waals surface area contributed by atoms with Crippen LogP contribution in [-0.2, 0) is 6.54 Å². The Morgan fingerprint density at radius 3 is 2.61 bits per heavy atom. The molecule has 0 fully saturated rings. The molecule has 0 aliphatic carbocycles. The van der Waals surface area contributed by atoms with E-state index in [1.54, 1.807) is 0 Å². The summed E-state index contributed by atoms with van der Waals surface area (Å²) in [5.74, 6) is -0.814. The molecule has 23 heavy (non-hydrogen) atoms. The van der Waals surface area contributed by atoms with Crippen LogP contribution in [0.1, 0.15) is 25.8 Å². The molecule has 0 aliphatic heterocycles. The number of rotatable bonds is 8. The normalized spacial score (nSPS) is 12.3. The monoisotopic (exact) mass is 334 g/mol. The average molecular weight is 334 g/mol. The molecule has 0 spiro atoms. The fourth-order valence-electron chi connectivity index (χ4n) is 1.99. The van der Waals surface area contributed by atoms with Crippen molar-refractivity contribution in [3.05, 3.63) is 29.6 Å². The first-order chi connectivity index (χ1) is 10.8. The highest BCUT2D eigenvalue weighted by molar-refractivity contribution is 5.73. The SMILES string of the molecule is CC(C)CC(O)CNC(=O)NCc1c(F)cccc1OC(F)F. The lowest BCUT2D eigenvalue weighted by molar-refractivity contribution is -0.0506. The molecule has 1 aromatic carbocycles. The topological polar surface area (TPSA) is 70.6 Å². The number of alkyl halides is 2. The van der Waals surface area contributed by atoms with Crippen LogP contribution in [0.3, 0.4) is 0 Å². The molecular weight excluding hydrogens is 313 g/mol. The second kappa shape index (κ2) is 9.24. The summed E-state index contributed by atoms with van der Waals surface area (Å²) in [5.41, 5.74) is -0.175. The molecule has 3 N–H and O–H groups in total. The van der Waals surface area contributed by atoms with Crippen molar-refractivity contribution in [3.63, 3.8) is 0 Å². The average Bonchev–Trinajstić information content (AvgIpc) is 2.43. The number of carbonyl (C=O) groups excluding carboxylic acids is 1. The quantitative estimate of drug-likeness (QED) is 0.684. The van der Waals surface area contributed by atoms with Crippen LogP contribution in [0.2, 0.25) is 0 Å². The first kappa shape index (κ1) is 19.1. The summed E-state index contributed by atoms with van der Waals surface area (Å²) in [4.78, 5) is 11.6. The zero-order valence-corrected chi connectivity index (χ0v) is 13.0. The molecule has 2 amide bonds. The summed E-state index contributed by atoms with van der Waals surface area (Å²) in [6.45, 7) is 0.510. The molecule has 0 radical (unpaired) electrons. The van der Waals surface area contributed by atoms with Crippen molar-refractivity contribution < 1.29 is 27.8 Å². The molecule has 0 bridgehead atoms. The first-order valence-electron chi connectivity index (χ1n) is 7.21. The Morgan fingerprint density at radius 2 is 2.00 bits per heavy atom. The zero-order valence-electron chi connectivity index (χ0n) is 13.0. The van der Waals surface area contributed by atoms with E-state index >= 15 is 0 Å². The Kier molecular flexibility index (Phi) is 7.67. The van der Waals surface area contributed by atoms with Crippen molar-refractivity contribution in [1.29, 1.82) is 0 Å². The fourth-order valence-corrected chi connectivity index (χ4v) is 1.99. The van der Waals surface area contributed by atoms with Gasteiger partial charge in [-0.2, -0.15) is 8.78 Å². The lowest BCUT2D eigenvalue weighted by atomic mass is 10.1. The van der Waals surface area contributed by atoms with Crippen LogP contribution in [0.4, 0.5) is 18.0 Å². The molecule has 0 aromatic heterocycles. The van der Waals surface area contributed by atoms with Crippen LogP contribution >= 0.6 is 0 Å². The Balaban J connectivity index is 2.52. The number of carbonyl (C=O) groups is 1. The molecule has 1 rings (SSSR count). The highest BCUT2D eigenvalue weighted by Crippen LogP contribution is 2.23. The van der Waals surface area contributed by atoms with E-state index in [2.05, 4.69) is 15.4 Å². The Morgan fingerprint density at radius 1 is 1.30 bits per heavy atom. The first-order valence-corrected chi connectivity index (χ1v) is 7.21. The Hall–Kier alpha value is -1.96. The smallest absolute Gasteiger partial charge is 0.387 e. The van der Waals surface area contributed by atoms with Gasteiger partial charge in [0, 0.05) is 12.1 Å². The number of amides is 2. The lowest BCUT2D eigenvalue weighted by Gasteiger charge is -2.15. The minimum atomic E-state index is -3.09. The Labute approximate surface area is 132 Å². The van der Waals surface area contributed by atoms with Gasteiger partial charge < -0.3 is 20.5 Å². The summed E-state index contributed by atoms with van der Waals surface area (Å²) in [6, 6.07) is 2.87. The maximum Gasteiger partial charge on any atom is 0.387 e. The highest BCUT2D eigenvalue weighted by atomic mass is 19.3. The summed E-state index contributed by atoms with van der Waals surface area (Å²) in [7, 11) is 0. The van der Waals surface area contributed by atoms with Gasteiger partial charge in [0.15, 0.2) is 0 Å². The second-order valence-corrected chi connectivity index (χ2v) is 5.44. The third-order valence-corrected chi connectivity index (χ3v) is 2.96. The number of aliphatic hydroxyl groups is 1. The molecule has 0 saturated carbocycles. The highest BCUT2D eigenvalue weighted by Gasteiger charge is 2.15. The van der Waals surface area contributed by atoms with Gasteiger partial charge in [0.25, 0.3) is 0 Å². The minimum Gasteiger partial charge on any atom is -0.434 e. The third-order valence-electron chi connectivity index (χ3n) is 2.96. The van der Waals surface area contributed by atoms with Gasteiger partial charge in [-0.25, -0.2) is 9.18 Å². The third kappa shape index (κ3) is 7.23. The van der Waals surface area contributed by atoms with Gasteiger partial charge in [-0.15, -0.1) is 0 Å². The van der Waals surface area contributed by atoms with E-state index in [0.717, 1.165) is 6.07 Å². The largest absolute Gasteiger partial charge is 0.434 e. The number of urea groups is 1. The molecule has 0 saturated heterocycles. The Bertz CT molecular complexity index is 513. The molecule has 1 aromatic rings. The number of benzene rings is 1. The molecule has 5 nitrogen and oxygen atoms in total. The number of nitrogens with one attached hydrogen (secondary N) is 2. The predicted molar refractivity (Wildman–Crippen MR) is 78.7 cm³/mol. The molecule has 130 valence electrons. The standard InChI is InChI=1S/C15H21F3N2O3/c1-9(2)6-10(21)7-19-15(22)20-8-11-12(16)4-3-5-13(11)23-14(17)18/h3-5,9-10,14,21H,6-8H2,1-2H3,(H2,19,20,22). The van der Waals surface area contributed by atoms with Crippen molar-refractivity contribution >= 4 is 6.03 Å². The van der Waals surface area contributed by atoms with E-state index in [1.165, 1.54) is 12.1 Å². The van der Waals surface area contributed by atoms with Gasteiger partial charge in [-0.1, -0.05) is 19.9 Å². The van der Waals surface area contributed by atoms with E-state index in [-0.39, 0.29) is 30.3 Å². The predicted octanol–water partition coefficient (Wildman–Crippen LogP) is 2.63.